The van der Waals surface area contributed by atoms with Gasteiger partial charge in [-0.15, -0.1) is 0 Å². The first kappa shape index (κ1) is 14.2. The van der Waals surface area contributed by atoms with Crippen molar-refractivity contribution in [3.63, 3.8) is 0 Å². The first-order chi connectivity index (χ1) is 9.13. The number of ether oxygens (including phenoxy) is 2. The lowest BCUT2D eigenvalue weighted by Gasteiger charge is -2.27. The smallest absolute Gasteiger partial charge is 0.412 e. The molecule has 1 aliphatic heterocycles. The van der Waals surface area contributed by atoms with Gasteiger partial charge < -0.3 is 9.47 Å². The van der Waals surface area contributed by atoms with Gasteiger partial charge in [0.1, 0.15) is 12.8 Å². The molecule has 2 atom stereocenters. The summed E-state index contributed by atoms with van der Waals surface area (Å²) in [5, 5.41) is 0.714. The molecule has 4 nitrogen and oxygen atoms in total. The molecule has 0 bridgehead atoms. The standard InChI is InChI=1S/C14H18ClNO3/c1-3-18-10(2)16-12(9-19-14(16)17)8-11-6-4-5-7-13(11)15/h4-7,10,12H,3,8-9H2,1-2H3/t10?,12-/m1/s1. The predicted molar refractivity (Wildman–Crippen MR) is 73.2 cm³/mol. The average Bonchev–Trinajstić information content (AvgIpc) is 2.74. The fraction of sp³-hybridized carbons (Fsp3) is 0.500. The first-order valence-electron chi connectivity index (χ1n) is 6.43. The molecule has 0 aliphatic carbocycles. The van der Waals surface area contributed by atoms with E-state index in [9.17, 15) is 4.79 Å². The van der Waals surface area contributed by atoms with Crippen LogP contribution in [0.2, 0.25) is 5.02 Å². The molecule has 2 rings (SSSR count). The van der Waals surface area contributed by atoms with Crippen molar-refractivity contribution in [2.24, 2.45) is 0 Å². The highest BCUT2D eigenvalue weighted by Gasteiger charge is 2.36. The monoisotopic (exact) mass is 283 g/mol. The van der Waals surface area contributed by atoms with Gasteiger partial charge in [0.05, 0.1) is 6.04 Å². The van der Waals surface area contributed by atoms with Crippen LogP contribution in [0.25, 0.3) is 0 Å². The van der Waals surface area contributed by atoms with E-state index >= 15 is 0 Å². The molecule has 1 aromatic carbocycles. The van der Waals surface area contributed by atoms with Crippen LogP contribution < -0.4 is 0 Å². The zero-order valence-corrected chi connectivity index (χ0v) is 11.9. The van der Waals surface area contributed by atoms with Gasteiger partial charge in [0.15, 0.2) is 0 Å². The normalized spacial score (nSPS) is 20.5. The first-order valence-corrected chi connectivity index (χ1v) is 6.81. The number of amides is 1. The summed E-state index contributed by atoms with van der Waals surface area (Å²) in [4.78, 5) is 13.4. The predicted octanol–water partition coefficient (Wildman–Crippen LogP) is 3.09. The van der Waals surface area contributed by atoms with Crippen LogP contribution >= 0.6 is 11.6 Å². The second-order valence-electron chi connectivity index (χ2n) is 4.49. The number of benzene rings is 1. The van der Waals surface area contributed by atoms with E-state index in [2.05, 4.69) is 0 Å². The van der Waals surface area contributed by atoms with E-state index in [4.69, 9.17) is 21.1 Å². The minimum atomic E-state index is -0.321. The highest BCUT2D eigenvalue weighted by molar-refractivity contribution is 6.31. The summed E-state index contributed by atoms with van der Waals surface area (Å²) in [6, 6.07) is 7.62. The van der Waals surface area contributed by atoms with Crippen molar-refractivity contribution in [1.82, 2.24) is 4.90 Å². The summed E-state index contributed by atoms with van der Waals surface area (Å²) in [5.74, 6) is 0. The minimum absolute atomic E-state index is 0.0334. The zero-order chi connectivity index (χ0) is 13.8. The van der Waals surface area contributed by atoms with Crippen LogP contribution in [0.3, 0.4) is 0 Å². The molecule has 1 amide bonds. The van der Waals surface area contributed by atoms with Crippen molar-refractivity contribution in [3.8, 4) is 0 Å². The maximum Gasteiger partial charge on any atom is 0.412 e. The number of halogens is 1. The Kier molecular flexibility index (Phi) is 4.66. The van der Waals surface area contributed by atoms with Gasteiger partial charge in [-0.25, -0.2) is 4.79 Å². The van der Waals surface area contributed by atoms with E-state index in [0.29, 0.717) is 24.7 Å². The third kappa shape index (κ3) is 3.19. The number of nitrogens with zero attached hydrogens (tertiary/aromatic N) is 1. The topological polar surface area (TPSA) is 38.8 Å². The quantitative estimate of drug-likeness (QED) is 0.833. The van der Waals surface area contributed by atoms with Gasteiger partial charge in [0.2, 0.25) is 0 Å². The molecule has 19 heavy (non-hydrogen) atoms. The molecule has 0 radical (unpaired) electrons. The Morgan fingerprint density at radius 2 is 2.26 bits per heavy atom. The summed E-state index contributed by atoms with van der Waals surface area (Å²) in [7, 11) is 0. The number of carbonyl (C=O) groups excluding carboxylic acids is 1. The maximum atomic E-state index is 11.8. The molecule has 0 saturated carbocycles. The minimum Gasteiger partial charge on any atom is -0.447 e. The van der Waals surface area contributed by atoms with Gasteiger partial charge in [0.25, 0.3) is 0 Å². The molecule has 1 fully saturated rings. The maximum absolute atomic E-state index is 11.8. The average molecular weight is 284 g/mol. The highest BCUT2D eigenvalue weighted by Crippen LogP contribution is 2.24. The van der Waals surface area contributed by atoms with E-state index in [0.717, 1.165) is 5.56 Å². The van der Waals surface area contributed by atoms with Crippen molar-refractivity contribution in [1.29, 1.82) is 0 Å². The van der Waals surface area contributed by atoms with Crippen LogP contribution in [0.4, 0.5) is 4.79 Å². The second-order valence-corrected chi connectivity index (χ2v) is 4.90. The Labute approximate surface area is 118 Å². The Morgan fingerprint density at radius 1 is 1.53 bits per heavy atom. The van der Waals surface area contributed by atoms with Crippen LogP contribution in [0.1, 0.15) is 19.4 Å². The van der Waals surface area contributed by atoms with E-state index < -0.39 is 0 Å². The van der Waals surface area contributed by atoms with E-state index in [-0.39, 0.29) is 18.4 Å². The van der Waals surface area contributed by atoms with Crippen LogP contribution in [-0.2, 0) is 15.9 Å². The number of rotatable bonds is 5. The Balaban J connectivity index is 2.10. The SMILES string of the molecule is CCOC(C)N1C(=O)OC[C@H]1Cc1ccccc1Cl. The zero-order valence-electron chi connectivity index (χ0n) is 11.1. The molecule has 5 heteroatoms. The Bertz CT molecular complexity index is 452. The van der Waals surface area contributed by atoms with Gasteiger partial charge in [-0.3, -0.25) is 4.90 Å². The lowest BCUT2D eigenvalue weighted by atomic mass is 10.1. The van der Waals surface area contributed by atoms with Gasteiger partial charge in [-0.05, 0) is 31.9 Å². The summed E-state index contributed by atoms with van der Waals surface area (Å²) in [5.41, 5.74) is 1.01. The largest absolute Gasteiger partial charge is 0.447 e. The van der Waals surface area contributed by atoms with E-state index in [1.165, 1.54) is 0 Å². The molecule has 1 aromatic rings. The molecule has 0 spiro atoms. The second kappa shape index (κ2) is 6.26. The summed E-state index contributed by atoms with van der Waals surface area (Å²) >= 11 is 6.15. The summed E-state index contributed by atoms with van der Waals surface area (Å²) < 4.78 is 10.6. The highest BCUT2D eigenvalue weighted by atomic mass is 35.5. The Hall–Kier alpha value is -1.26. The molecular weight excluding hydrogens is 266 g/mol. The van der Waals surface area contributed by atoms with Crippen molar-refractivity contribution in [2.75, 3.05) is 13.2 Å². The fourth-order valence-electron chi connectivity index (χ4n) is 2.31. The van der Waals surface area contributed by atoms with Gasteiger partial charge >= 0.3 is 6.09 Å². The van der Waals surface area contributed by atoms with Gasteiger partial charge in [-0.2, -0.15) is 0 Å². The van der Waals surface area contributed by atoms with Crippen LogP contribution in [0.5, 0.6) is 0 Å². The molecule has 1 saturated heterocycles. The van der Waals surface area contributed by atoms with Crippen molar-refractivity contribution < 1.29 is 14.3 Å². The number of cyclic esters (lactones) is 1. The van der Waals surface area contributed by atoms with Crippen LogP contribution in [-0.4, -0.2) is 36.5 Å². The van der Waals surface area contributed by atoms with E-state index in [1.807, 2.05) is 38.1 Å². The molecular formula is C14H18ClNO3. The third-order valence-corrected chi connectivity index (χ3v) is 3.59. The third-order valence-electron chi connectivity index (χ3n) is 3.22. The number of carbonyl (C=O) groups is 1. The fourth-order valence-corrected chi connectivity index (χ4v) is 2.53. The number of hydrogen-bond acceptors (Lipinski definition) is 3. The molecule has 0 aromatic heterocycles. The van der Waals surface area contributed by atoms with Gasteiger partial charge in [-0.1, -0.05) is 29.8 Å². The van der Waals surface area contributed by atoms with Crippen LogP contribution in [0.15, 0.2) is 24.3 Å². The lowest BCUT2D eigenvalue weighted by Crippen LogP contribution is -2.43. The van der Waals surface area contributed by atoms with E-state index in [1.54, 1.807) is 4.90 Å². The molecule has 1 aliphatic rings. The molecule has 1 heterocycles. The van der Waals surface area contributed by atoms with Crippen LogP contribution in [0, 0.1) is 0 Å². The molecule has 0 N–H and O–H groups in total. The molecule has 1 unspecified atom stereocenters. The Morgan fingerprint density at radius 3 is 2.95 bits per heavy atom. The summed E-state index contributed by atoms with van der Waals surface area (Å²) in [6.07, 6.45) is 0.0634. The summed E-state index contributed by atoms with van der Waals surface area (Å²) in [6.45, 7) is 4.70. The molecule has 104 valence electrons. The van der Waals surface area contributed by atoms with Crippen molar-refractivity contribution in [3.05, 3.63) is 34.9 Å². The van der Waals surface area contributed by atoms with Crippen molar-refractivity contribution >= 4 is 17.7 Å². The number of hydrogen-bond donors (Lipinski definition) is 0. The van der Waals surface area contributed by atoms with Crippen molar-refractivity contribution in [2.45, 2.75) is 32.5 Å². The lowest BCUT2D eigenvalue weighted by molar-refractivity contribution is -0.0275. The van der Waals surface area contributed by atoms with Gasteiger partial charge in [0, 0.05) is 11.6 Å².